The van der Waals surface area contributed by atoms with Gasteiger partial charge in [-0.3, -0.25) is 0 Å². The first-order valence-electron chi connectivity index (χ1n) is 9.96. The monoisotopic (exact) mass is 573 g/mol. The Morgan fingerprint density at radius 2 is 1.40 bits per heavy atom. The molecule has 0 aliphatic carbocycles. The van der Waals surface area contributed by atoms with E-state index in [9.17, 15) is 0 Å². The van der Waals surface area contributed by atoms with Crippen molar-refractivity contribution >= 4 is 0 Å². The van der Waals surface area contributed by atoms with Gasteiger partial charge in [-0.25, -0.2) is 0 Å². The number of hydrogen-bond acceptors (Lipinski definition) is 2. The van der Waals surface area contributed by atoms with E-state index in [1.165, 1.54) is 16.7 Å². The Kier molecular flexibility index (Phi) is 6.40. The van der Waals surface area contributed by atoms with E-state index in [0.29, 0.717) is 0 Å². The minimum atomic E-state index is 0. The van der Waals surface area contributed by atoms with Crippen LogP contribution in [0.1, 0.15) is 37.5 Å². The smallest absolute Gasteiger partial charge is 0.159 e. The van der Waals surface area contributed by atoms with Gasteiger partial charge in [-0.1, -0.05) is 51.1 Å². The Morgan fingerprint density at radius 3 is 1.97 bits per heavy atom. The molecule has 155 valence electrons. The van der Waals surface area contributed by atoms with E-state index in [2.05, 4.69) is 97.9 Å². The third-order valence-corrected chi connectivity index (χ3v) is 5.31. The van der Waals surface area contributed by atoms with E-state index < -0.39 is 0 Å². The maximum atomic E-state index is 4.62. The van der Waals surface area contributed by atoms with Crippen molar-refractivity contribution in [1.29, 1.82) is 0 Å². The van der Waals surface area contributed by atoms with Crippen LogP contribution in [0.25, 0.3) is 28.5 Å². The zero-order chi connectivity index (χ0) is 20.6. The normalized spacial score (nSPS) is 11.2. The summed E-state index contributed by atoms with van der Waals surface area (Å²) >= 11 is 0. The second kappa shape index (κ2) is 8.67. The molecule has 0 saturated carbocycles. The van der Waals surface area contributed by atoms with Crippen LogP contribution < -0.4 is 0 Å². The van der Waals surface area contributed by atoms with Crippen LogP contribution in [0.3, 0.4) is 0 Å². The summed E-state index contributed by atoms with van der Waals surface area (Å²) in [6, 6.07) is 26.3. The summed E-state index contributed by atoms with van der Waals surface area (Å²) in [5.41, 5.74) is 6.89. The van der Waals surface area contributed by atoms with Crippen molar-refractivity contribution in [2.45, 2.75) is 40.0 Å². The number of hydrogen-bond donors (Lipinski definition) is 0. The Bertz CT molecular complexity index is 1120. The molecule has 0 unspecified atom stereocenters. The van der Waals surface area contributed by atoms with Gasteiger partial charge in [0.1, 0.15) is 0 Å². The molecule has 3 aromatic carbocycles. The van der Waals surface area contributed by atoms with Gasteiger partial charge in [0.05, 0.1) is 5.82 Å². The molecule has 1 aromatic heterocycles. The Balaban J connectivity index is 0.00000256. The molecule has 0 atom stereocenters. The van der Waals surface area contributed by atoms with Crippen LogP contribution in [0, 0.1) is 19.9 Å². The zero-order valence-corrected chi connectivity index (χ0v) is 20.4. The Hall–Kier alpha value is -2.55. The average molecular weight is 573 g/mol. The van der Waals surface area contributed by atoms with Gasteiger partial charge in [0.25, 0.3) is 0 Å². The summed E-state index contributed by atoms with van der Waals surface area (Å²) in [4.78, 5) is 0. The van der Waals surface area contributed by atoms with Gasteiger partial charge >= 0.3 is 0 Å². The summed E-state index contributed by atoms with van der Waals surface area (Å²) in [6.07, 6.45) is 0. The topological polar surface area (TPSA) is 30.7 Å². The van der Waals surface area contributed by atoms with E-state index in [1.807, 2.05) is 24.3 Å². The Labute approximate surface area is 192 Å². The maximum absolute atomic E-state index is 4.62. The second-order valence-corrected chi connectivity index (χ2v) is 8.52. The third-order valence-electron chi connectivity index (χ3n) is 5.31. The van der Waals surface area contributed by atoms with E-state index in [4.69, 9.17) is 0 Å². The quantitative estimate of drug-likeness (QED) is 0.269. The van der Waals surface area contributed by atoms with E-state index in [-0.39, 0.29) is 25.5 Å². The molecule has 3 nitrogen and oxygen atoms in total. The van der Waals surface area contributed by atoms with Crippen molar-refractivity contribution in [3.8, 4) is 28.5 Å². The van der Waals surface area contributed by atoms with Crippen LogP contribution in [-0.2, 0) is 25.5 Å². The molecule has 0 amide bonds. The number of aromatic nitrogens is 3. The average Bonchev–Trinajstić information content (AvgIpc) is 3.12. The summed E-state index contributed by atoms with van der Waals surface area (Å²) in [5.74, 6) is 1.66. The van der Waals surface area contributed by atoms with Gasteiger partial charge in [-0.15, -0.1) is 41.0 Å². The molecule has 0 saturated heterocycles. The van der Waals surface area contributed by atoms with Crippen molar-refractivity contribution in [1.82, 2.24) is 14.8 Å². The first kappa shape index (κ1) is 22.1. The van der Waals surface area contributed by atoms with Crippen molar-refractivity contribution < 1.29 is 20.1 Å². The molecular weight excluding hydrogens is 547 g/mol. The predicted molar refractivity (Wildman–Crippen MR) is 119 cm³/mol. The van der Waals surface area contributed by atoms with Crippen LogP contribution in [0.15, 0.2) is 66.7 Å². The molecule has 4 aromatic rings. The molecular formula is C26H26IrN3-. The zero-order valence-electron chi connectivity index (χ0n) is 18.0. The number of aryl methyl sites for hydroxylation is 2. The molecule has 0 aliphatic rings. The molecule has 0 bridgehead atoms. The fraction of sp³-hybridized carbons (Fsp3) is 0.231. The summed E-state index contributed by atoms with van der Waals surface area (Å²) in [6.45, 7) is 10.9. The first-order chi connectivity index (χ1) is 13.9. The van der Waals surface area contributed by atoms with Crippen molar-refractivity contribution in [3.05, 3.63) is 89.5 Å². The molecule has 4 rings (SSSR count). The third kappa shape index (κ3) is 4.16. The summed E-state index contributed by atoms with van der Waals surface area (Å²) < 4.78 is 2.15. The number of benzene rings is 3. The van der Waals surface area contributed by atoms with Crippen molar-refractivity contribution in [3.63, 3.8) is 0 Å². The molecule has 0 N–H and O–H groups in total. The summed E-state index contributed by atoms with van der Waals surface area (Å²) in [5, 5.41) is 9.20. The maximum Gasteiger partial charge on any atom is 0.159 e. The van der Waals surface area contributed by atoms with Crippen molar-refractivity contribution in [2.75, 3.05) is 0 Å². The van der Waals surface area contributed by atoms with Gasteiger partial charge in [-0.2, -0.15) is 5.10 Å². The largest absolute Gasteiger partial charge is 0.316 e. The van der Waals surface area contributed by atoms with Crippen LogP contribution in [0.5, 0.6) is 0 Å². The molecule has 1 heterocycles. The van der Waals surface area contributed by atoms with E-state index >= 15 is 0 Å². The van der Waals surface area contributed by atoms with Crippen LogP contribution in [0.4, 0.5) is 0 Å². The molecule has 0 aliphatic heterocycles. The first-order valence-corrected chi connectivity index (χ1v) is 9.96. The fourth-order valence-electron chi connectivity index (χ4n) is 3.68. The minimum absolute atomic E-state index is 0. The van der Waals surface area contributed by atoms with Crippen LogP contribution in [0.2, 0.25) is 0 Å². The SMILES string of the molecule is Cc1cccc(C)c1-c1nnc(-c2[c-]cccc2)n1-c1ccc(C(C)(C)C)cc1.[Ir]. The van der Waals surface area contributed by atoms with Crippen molar-refractivity contribution in [2.24, 2.45) is 0 Å². The molecule has 0 fully saturated rings. The van der Waals surface area contributed by atoms with E-state index in [0.717, 1.165) is 28.5 Å². The van der Waals surface area contributed by atoms with Gasteiger partial charge in [0.2, 0.25) is 0 Å². The van der Waals surface area contributed by atoms with Gasteiger partial charge in [0, 0.05) is 31.4 Å². The second-order valence-electron chi connectivity index (χ2n) is 8.52. The Morgan fingerprint density at radius 1 is 0.767 bits per heavy atom. The van der Waals surface area contributed by atoms with Gasteiger partial charge < -0.3 is 4.57 Å². The molecule has 0 spiro atoms. The fourth-order valence-corrected chi connectivity index (χ4v) is 3.68. The van der Waals surface area contributed by atoms with Crippen LogP contribution in [-0.4, -0.2) is 14.8 Å². The predicted octanol–water partition coefficient (Wildman–Crippen LogP) is 6.31. The molecule has 30 heavy (non-hydrogen) atoms. The molecule has 1 radical (unpaired) electrons. The van der Waals surface area contributed by atoms with Crippen LogP contribution >= 0.6 is 0 Å². The molecule has 4 heteroatoms. The number of nitrogens with zero attached hydrogens (tertiary/aromatic N) is 3. The number of rotatable bonds is 3. The van der Waals surface area contributed by atoms with E-state index in [1.54, 1.807) is 0 Å². The van der Waals surface area contributed by atoms with Gasteiger partial charge in [0.15, 0.2) is 5.82 Å². The minimum Gasteiger partial charge on any atom is -0.316 e. The standard InChI is InChI=1S/C26H26N3.Ir/c1-18-10-9-11-19(2)23(18)25-28-27-24(20-12-7-6-8-13-20)29(25)22-16-14-21(15-17-22)26(3,4)5;/h6-12,14-17H,1-5H3;/q-1;. The summed E-state index contributed by atoms with van der Waals surface area (Å²) in [7, 11) is 0. The van der Waals surface area contributed by atoms with Gasteiger partial charge in [-0.05, 0) is 48.1 Å².